The van der Waals surface area contributed by atoms with Crippen LogP contribution in [0, 0.1) is 5.82 Å². The minimum absolute atomic E-state index is 0. The molecule has 1 aromatic rings. The van der Waals surface area contributed by atoms with E-state index < -0.39 is 0 Å². The molecule has 1 aromatic carbocycles. The highest BCUT2D eigenvalue weighted by atomic mass is 127. The Morgan fingerprint density at radius 3 is 2.58 bits per heavy atom. The van der Waals surface area contributed by atoms with E-state index in [4.69, 9.17) is 0 Å². The molecule has 0 spiro atoms. The van der Waals surface area contributed by atoms with Gasteiger partial charge in [-0.05, 0) is 38.8 Å². The summed E-state index contributed by atoms with van der Waals surface area (Å²) in [5.41, 5.74) is 0.673. The molecular formula is C17H28FIN4O. The maximum absolute atomic E-state index is 13.5. The molecule has 3 N–H and O–H groups in total. The normalized spacial score (nSPS) is 11.0. The minimum Gasteiger partial charge on any atom is -0.357 e. The van der Waals surface area contributed by atoms with E-state index >= 15 is 0 Å². The number of hydrogen-bond acceptors (Lipinski definition) is 2. The lowest BCUT2D eigenvalue weighted by atomic mass is 10.1. The SMILES string of the molecule is CCNC(=NCCC(=O)NC(C)C)NCCc1ccccc1F.I. The summed E-state index contributed by atoms with van der Waals surface area (Å²) in [5.74, 6) is 0.439. The fourth-order valence-corrected chi connectivity index (χ4v) is 2.02. The first-order valence-electron chi connectivity index (χ1n) is 8.07. The second-order valence-electron chi connectivity index (χ2n) is 5.50. The number of benzene rings is 1. The molecule has 0 aliphatic heterocycles. The molecule has 0 saturated carbocycles. The lowest BCUT2D eigenvalue weighted by Crippen LogP contribution is -2.38. The second-order valence-corrected chi connectivity index (χ2v) is 5.50. The van der Waals surface area contributed by atoms with Crippen LogP contribution in [0.4, 0.5) is 4.39 Å². The summed E-state index contributed by atoms with van der Waals surface area (Å²) in [6.07, 6.45) is 0.924. The van der Waals surface area contributed by atoms with Crippen LogP contribution in [0.25, 0.3) is 0 Å². The Labute approximate surface area is 160 Å². The van der Waals surface area contributed by atoms with E-state index in [1.807, 2.05) is 26.8 Å². The molecule has 24 heavy (non-hydrogen) atoms. The van der Waals surface area contributed by atoms with Gasteiger partial charge in [-0.15, -0.1) is 24.0 Å². The zero-order valence-corrected chi connectivity index (χ0v) is 16.9. The summed E-state index contributed by atoms with van der Waals surface area (Å²) in [7, 11) is 0. The van der Waals surface area contributed by atoms with Crippen LogP contribution in [-0.2, 0) is 11.2 Å². The molecule has 0 aliphatic carbocycles. The Hall–Kier alpha value is -1.38. The maximum Gasteiger partial charge on any atom is 0.222 e. The van der Waals surface area contributed by atoms with Crippen molar-refractivity contribution in [2.75, 3.05) is 19.6 Å². The zero-order chi connectivity index (χ0) is 17.1. The number of rotatable bonds is 8. The number of carbonyl (C=O) groups excluding carboxylic acids is 1. The summed E-state index contributed by atoms with van der Waals surface area (Å²) in [4.78, 5) is 15.9. The molecule has 136 valence electrons. The third-order valence-corrected chi connectivity index (χ3v) is 3.05. The third-order valence-electron chi connectivity index (χ3n) is 3.05. The number of aliphatic imine (C=N–C) groups is 1. The largest absolute Gasteiger partial charge is 0.357 e. The average molecular weight is 450 g/mol. The van der Waals surface area contributed by atoms with E-state index in [9.17, 15) is 9.18 Å². The number of guanidine groups is 1. The highest BCUT2D eigenvalue weighted by Crippen LogP contribution is 2.06. The van der Waals surface area contributed by atoms with E-state index in [-0.39, 0.29) is 41.7 Å². The van der Waals surface area contributed by atoms with Crippen LogP contribution in [0.15, 0.2) is 29.3 Å². The van der Waals surface area contributed by atoms with E-state index in [1.54, 1.807) is 12.1 Å². The Morgan fingerprint density at radius 1 is 1.25 bits per heavy atom. The van der Waals surface area contributed by atoms with Gasteiger partial charge in [-0.2, -0.15) is 0 Å². The molecule has 7 heteroatoms. The van der Waals surface area contributed by atoms with Crippen molar-refractivity contribution in [3.8, 4) is 0 Å². The van der Waals surface area contributed by atoms with E-state index in [2.05, 4.69) is 20.9 Å². The molecule has 0 bridgehead atoms. The minimum atomic E-state index is -0.193. The number of nitrogens with one attached hydrogen (secondary N) is 3. The Kier molecular flexibility index (Phi) is 12.2. The molecule has 0 heterocycles. The van der Waals surface area contributed by atoms with Crippen molar-refractivity contribution in [3.63, 3.8) is 0 Å². The number of amides is 1. The smallest absolute Gasteiger partial charge is 0.222 e. The number of halogens is 2. The topological polar surface area (TPSA) is 65.5 Å². The van der Waals surface area contributed by atoms with Gasteiger partial charge in [0.25, 0.3) is 0 Å². The van der Waals surface area contributed by atoms with Crippen molar-refractivity contribution in [3.05, 3.63) is 35.6 Å². The van der Waals surface area contributed by atoms with Crippen LogP contribution >= 0.6 is 24.0 Å². The van der Waals surface area contributed by atoms with Gasteiger partial charge in [0, 0.05) is 25.6 Å². The van der Waals surface area contributed by atoms with Crippen LogP contribution < -0.4 is 16.0 Å². The van der Waals surface area contributed by atoms with Gasteiger partial charge in [0.2, 0.25) is 5.91 Å². The fourth-order valence-electron chi connectivity index (χ4n) is 2.02. The standard InChI is InChI=1S/C17H27FN4O.HI/c1-4-19-17(21-12-10-16(23)22-13(2)3)20-11-9-14-7-5-6-8-15(14)18;/h5-8,13H,4,9-12H2,1-3H3,(H,22,23)(H2,19,20,21);1H. The average Bonchev–Trinajstić information content (AvgIpc) is 2.48. The van der Waals surface area contributed by atoms with Gasteiger partial charge in [0.1, 0.15) is 5.82 Å². The second kappa shape index (κ2) is 13.0. The van der Waals surface area contributed by atoms with Crippen molar-refractivity contribution in [2.24, 2.45) is 4.99 Å². The molecule has 0 radical (unpaired) electrons. The van der Waals surface area contributed by atoms with Crippen molar-refractivity contribution in [1.82, 2.24) is 16.0 Å². The lowest BCUT2D eigenvalue weighted by molar-refractivity contribution is -0.121. The molecule has 0 unspecified atom stereocenters. The molecule has 0 aromatic heterocycles. The van der Waals surface area contributed by atoms with Crippen molar-refractivity contribution < 1.29 is 9.18 Å². The zero-order valence-electron chi connectivity index (χ0n) is 14.6. The van der Waals surface area contributed by atoms with Crippen LogP contribution in [0.3, 0.4) is 0 Å². The predicted octanol–water partition coefficient (Wildman–Crippen LogP) is 2.46. The summed E-state index contributed by atoms with van der Waals surface area (Å²) in [6, 6.07) is 6.88. The maximum atomic E-state index is 13.5. The number of hydrogen-bond donors (Lipinski definition) is 3. The first kappa shape index (κ1) is 22.6. The summed E-state index contributed by atoms with van der Waals surface area (Å²) < 4.78 is 13.5. The first-order valence-corrected chi connectivity index (χ1v) is 8.07. The van der Waals surface area contributed by atoms with E-state index in [0.29, 0.717) is 37.5 Å². The molecule has 1 amide bonds. The van der Waals surface area contributed by atoms with Gasteiger partial charge in [-0.25, -0.2) is 4.39 Å². The van der Waals surface area contributed by atoms with Crippen molar-refractivity contribution in [2.45, 2.75) is 39.7 Å². The third kappa shape index (κ3) is 9.69. The van der Waals surface area contributed by atoms with Crippen LogP contribution in [0.1, 0.15) is 32.8 Å². The Bertz CT molecular complexity index is 523. The highest BCUT2D eigenvalue weighted by molar-refractivity contribution is 14.0. The van der Waals surface area contributed by atoms with Crippen LogP contribution in [0.2, 0.25) is 0 Å². The van der Waals surface area contributed by atoms with Gasteiger partial charge < -0.3 is 16.0 Å². The number of nitrogens with zero attached hydrogens (tertiary/aromatic N) is 1. The molecular weight excluding hydrogens is 422 g/mol. The van der Waals surface area contributed by atoms with E-state index in [0.717, 1.165) is 6.54 Å². The van der Waals surface area contributed by atoms with Gasteiger partial charge in [-0.3, -0.25) is 9.79 Å². The van der Waals surface area contributed by atoms with Crippen LogP contribution in [0.5, 0.6) is 0 Å². The number of carbonyl (C=O) groups is 1. The Balaban J connectivity index is 0.00000529. The lowest BCUT2D eigenvalue weighted by Gasteiger charge is -2.12. The highest BCUT2D eigenvalue weighted by Gasteiger charge is 2.04. The summed E-state index contributed by atoms with van der Waals surface area (Å²) in [5, 5.41) is 9.09. The van der Waals surface area contributed by atoms with Gasteiger partial charge in [0.15, 0.2) is 5.96 Å². The summed E-state index contributed by atoms with van der Waals surface area (Å²) in [6.45, 7) is 7.53. The molecule has 0 fully saturated rings. The monoisotopic (exact) mass is 450 g/mol. The van der Waals surface area contributed by atoms with Crippen LogP contribution in [-0.4, -0.2) is 37.5 Å². The van der Waals surface area contributed by atoms with Gasteiger partial charge in [-0.1, -0.05) is 18.2 Å². The van der Waals surface area contributed by atoms with Gasteiger partial charge >= 0.3 is 0 Å². The molecule has 1 rings (SSSR count). The molecule has 0 aliphatic rings. The Morgan fingerprint density at radius 2 is 1.96 bits per heavy atom. The molecule has 5 nitrogen and oxygen atoms in total. The predicted molar refractivity (Wildman–Crippen MR) is 107 cm³/mol. The quantitative estimate of drug-likeness (QED) is 0.324. The fraction of sp³-hybridized carbons (Fsp3) is 0.529. The molecule has 0 atom stereocenters. The first-order chi connectivity index (χ1) is 11.0. The van der Waals surface area contributed by atoms with E-state index in [1.165, 1.54) is 6.07 Å². The van der Waals surface area contributed by atoms with Crippen molar-refractivity contribution in [1.29, 1.82) is 0 Å². The summed E-state index contributed by atoms with van der Waals surface area (Å²) >= 11 is 0. The van der Waals surface area contributed by atoms with Crippen molar-refractivity contribution >= 4 is 35.8 Å². The van der Waals surface area contributed by atoms with Gasteiger partial charge in [0.05, 0.1) is 6.54 Å². The molecule has 0 saturated heterocycles.